The van der Waals surface area contributed by atoms with E-state index in [0.717, 1.165) is 5.56 Å². The molecule has 0 saturated heterocycles. The van der Waals surface area contributed by atoms with E-state index in [1.165, 1.54) is 28.2 Å². The van der Waals surface area contributed by atoms with Crippen molar-refractivity contribution in [3.63, 3.8) is 0 Å². The van der Waals surface area contributed by atoms with Crippen molar-refractivity contribution in [2.75, 3.05) is 7.05 Å². The van der Waals surface area contributed by atoms with Gasteiger partial charge in [-0.05, 0) is 18.6 Å². The maximum Gasteiger partial charge on any atom is 0.352 e. The number of aromatic carboxylic acids is 1. The molecule has 0 spiro atoms. The van der Waals surface area contributed by atoms with E-state index in [1.807, 2.05) is 30.3 Å². The summed E-state index contributed by atoms with van der Waals surface area (Å²) >= 11 is 0. The monoisotopic (exact) mass is 322 g/mol. The Morgan fingerprint density at radius 3 is 2.41 bits per heavy atom. The van der Waals surface area contributed by atoms with Crippen molar-refractivity contribution in [1.29, 1.82) is 0 Å². The highest BCUT2D eigenvalue weighted by molar-refractivity contribution is 7.89. The van der Waals surface area contributed by atoms with Gasteiger partial charge in [0.2, 0.25) is 10.0 Å². The lowest BCUT2D eigenvalue weighted by Crippen LogP contribution is -2.26. The number of benzene rings is 1. The van der Waals surface area contributed by atoms with Gasteiger partial charge in [0.05, 0.1) is 0 Å². The number of hydrogen-bond acceptors (Lipinski definition) is 3. The van der Waals surface area contributed by atoms with Crippen LogP contribution in [0.5, 0.6) is 0 Å². The molecule has 0 bridgehead atoms. The lowest BCUT2D eigenvalue weighted by Gasteiger charge is -2.16. The Kier molecular flexibility index (Phi) is 4.68. The Balaban J connectivity index is 2.32. The van der Waals surface area contributed by atoms with Gasteiger partial charge in [-0.2, -0.15) is 4.31 Å². The molecule has 1 aromatic heterocycles. The van der Waals surface area contributed by atoms with Crippen LogP contribution < -0.4 is 0 Å². The van der Waals surface area contributed by atoms with E-state index in [-0.39, 0.29) is 17.1 Å². The first-order valence-corrected chi connectivity index (χ1v) is 8.24. The third-order valence-electron chi connectivity index (χ3n) is 3.39. The number of carboxylic acid groups (broad SMARTS) is 1. The molecule has 22 heavy (non-hydrogen) atoms. The number of aromatic nitrogens is 1. The number of hydrogen-bond donors (Lipinski definition) is 1. The van der Waals surface area contributed by atoms with E-state index < -0.39 is 16.0 Å². The minimum atomic E-state index is -3.73. The van der Waals surface area contributed by atoms with E-state index in [0.29, 0.717) is 6.54 Å². The van der Waals surface area contributed by atoms with E-state index in [9.17, 15) is 13.2 Å². The maximum absolute atomic E-state index is 12.6. The molecule has 6 nitrogen and oxygen atoms in total. The number of nitrogens with zero attached hydrogens (tertiary/aromatic N) is 2. The predicted octanol–water partition coefficient (Wildman–Crippen LogP) is 2.03. The fraction of sp³-hybridized carbons (Fsp3) is 0.267. The first-order chi connectivity index (χ1) is 10.4. The van der Waals surface area contributed by atoms with Gasteiger partial charge in [-0.1, -0.05) is 30.3 Å². The van der Waals surface area contributed by atoms with Crippen LogP contribution in [0, 0.1) is 0 Å². The van der Waals surface area contributed by atoms with Crippen LogP contribution in [0.25, 0.3) is 0 Å². The molecule has 0 radical (unpaired) electrons. The van der Waals surface area contributed by atoms with Crippen LogP contribution in [0.2, 0.25) is 0 Å². The third kappa shape index (κ3) is 3.20. The van der Waals surface area contributed by atoms with Gasteiger partial charge in [-0.3, -0.25) is 0 Å². The minimum absolute atomic E-state index is 0.00909. The first kappa shape index (κ1) is 16.3. The Hall–Kier alpha value is -2.12. The number of carboxylic acids is 1. The summed E-state index contributed by atoms with van der Waals surface area (Å²) in [5.41, 5.74) is 0.830. The maximum atomic E-state index is 12.6. The van der Waals surface area contributed by atoms with Gasteiger partial charge in [-0.15, -0.1) is 0 Å². The zero-order valence-electron chi connectivity index (χ0n) is 12.4. The highest BCUT2D eigenvalue weighted by atomic mass is 32.2. The molecule has 0 aliphatic carbocycles. The second-order valence-corrected chi connectivity index (χ2v) is 6.94. The number of rotatable bonds is 6. The van der Waals surface area contributed by atoms with Crippen LogP contribution >= 0.6 is 0 Å². The summed E-state index contributed by atoms with van der Waals surface area (Å²) < 4.78 is 27.7. The molecule has 0 saturated carbocycles. The van der Waals surface area contributed by atoms with Crippen LogP contribution in [0.1, 0.15) is 23.0 Å². The van der Waals surface area contributed by atoms with Gasteiger partial charge >= 0.3 is 5.97 Å². The molecule has 0 unspecified atom stereocenters. The molecule has 1 aromatic carbocycles. The summed E-state index contributed by atoms with van der Waals surface area (Å²) in [5.74, 6) is -1.14. The van der Waals surface area contributed by atoms with Crippen molar-refractivity contribution in [2.24, 2.45) is 0 Å². The van der Waals surface area contributed by atoms with Crippen LogP contribution in [-0.2, 0) is 23.1 Å². The average molecular weight is 322 g/mol. The second-order valence-electron chi connectivity index (χ2n) is 4.90. The highest BCUT2D eigenvalue weighted by Gasteiger charge is 2.25. The third-order valence-corrected chi connectivity index (χ3v) is 5.16. The topological polar surface area (TPSA) is 79.6 Å². The van der Waals surface area contributed by atoms with Crippen LogP contribution in [-0.4, -0.2) is 35.4 Å². The van der Waals surface area contributed by atoms with Gasteiger partial charge in [-0.25, -0.2) is 13.2 Å². The minimum Gasteiger partial charge on any atom is -0.477 e. The molecule has 118 valence electrons. The van der Waals surface area contributed by atoms with E-state index in [1.54, 1.807) is 6.92 Å². The summed E-state index contributed by atoms with van der Waals surface area (Å²) in [6, 6.07) is 10.4. The molecule has 7 heteroatoms. The standard InChI is InChI=1S/C15H18N2O4S/c1-3-17-11-13(9-14(17)15(18)19)22(20,21)16(2)10-12-7-5-4-6-8-12/h4-9,11H,3,10H2,1-2H3,(H,18,19). The van der Waals surface area contributed by atoms with Crippen LogP contribution in [0.3, 0.4) is 0 Å². The summed E-state index contributed by atoms with van der Waals surface area (Å²) in [5, 5.41) is 9.12. The Morgan fingerprint density at radius 1 is 1.27 bits per heavy atom. The van der Waals surface area contributed by atoms with Gasteiger partial charge in [0.15, 0.2) is 0 Å². The second kappa shape index (κ2) is 6.33. The Morgan fingerprint density at radius 2 is 1.91 bits per heavy atom. The molecule has 0 amide bonds. The van der Waals surface area contributed by atoms with Crippen LogP contribution in [0.4, 0.5) is 0 Å². The van der Waals surface area contributed by atoms with Crippen molar-refractivity contribution in [1.82, 2.24) is 8.87 Å². The zero-order chi connectivity index (χ0) is 16.3. The van der Waals surface area contributed by atoms with Gasteiger partial charge < -0.3 is 9.67 Å². The lowest BCUT2D eigenvalue weighted by molar-refractivity contribution is 0.0685. The van der Waals surface area contributed by atoms with Crippen molar-refractivity contribution in [2.45, 2.75) is 24.9 Å². The molecule has 2 aromatic rings. The van der Waals surface area contributed by atoms with Crippen LogP contribution in [0.15, 0.2) is 47.5 Å². The first-order valence-electron chi connectivity index (χ1n) is 6.80. The summed E-state index contributed by atoms with van der Waals surface area (Å²) in [6.45, 7) is 2.37. The number of carbonyl (C=O) groups is 1. The van der Waals surface area contributed by atoms with Gasteiger partial charge in [0.1, 0.15) is 10.6 Å². The predicted molar refractivity (Wildman–Crippen MR) is 82.2 cm³/mol. The van der Waals surface area contributed by atoms with E-state index in [2.05, 4.69) is 0 Å². The largest absolute Gasteiger partial charge is 0.477 e. The lowest BCUT2D eigenvalue weighted by atomic mass is 10.2. The summed E-state index contributed by atoms with van der Waals surface area (Å²) in [7, 11) is -2.26. The molecular weight excluding hydrogens is 304 g/mol. The van der Waals surface area contributed by atoms with Gasteiger partial charge in [0.25, 0.3) is 0 Å². The summed E-state index contributed by atoms with van der Waals surface area (Å²) in [4.78, 5) is 11.1. The zero-order valence-corrected chi connectivity index (χ0v) is 13.2. The molecule has 2 rings (SSSR count). The highest BCUT2D eigenvalue weighted by Crippen LogP contribution is 2.20. The van der Waals surface area contributed by atoms with Crippen molar-refractivity contribution < 1.29 is 18.3 Å². The Bertz CT molecular complexity index is 766. The van der Waals surface area contributed by atoms with Crippen molar-refractivity contribution in [3.8, 4) is 0 Å². The molecule has 1 heterocycles. The smallest absolute Gasteiger partial charge is 0.352 e. The van der Waals surface area contributed by atoms with Crippen molar-refractivity contribution >= 4 is 16.0 Å². The van der Waals surface area contributed by atoms with E-state index >= 15 is 0 Å². The van der Waals surface area contributed by atoms with Crippen molar-refractivity contribution in [3.05, 3.63) is 53.9 Å². The number of sulfonamides is 1. The molecule has 0 fully saturated rings. The average Bonchev–Trinajstić information content (AvgIpc) is 2.93. The Labute approximate surface area is 129 Å². The molecule has 0 aliphatic heterocycles. The molecular formula is C15H18N2O4S. The van der Waals surface area contributed by atoms with E-state index in [4.69, 9.17) is 5.11 Å². The quantitative estimate of drug-likeness (QED) is 0.882. The summed E-state index contributed by atoms with van der Waals surface area (Å²) in [6.07, 6.45) is 1.36. The number of aryl methyl sites for hydroxylation is 1. The normalized spacial score (nSPS) is 11.8. The molecule has 1 N–H and O–H groups in total. The molecule has 0 atom stereocenters. The van der Waals surface area contributed by atoms with Gasteiger partial charge in [0, 0.05) is 26.3 Å². The fourth-order valence-electron chi connectivity index (χ4n) is 2.17. The fourth-order valence-corrected chi connectivity index (χ4v) is 3.37. The molecule has 0 aliphatic rings. The SMILES string of the molecule is CCn1cc(S(=O)(=O)N(C)Cc2ccccc2)cc1C(=O)O.